The molecule has 32 heavy (non-hydrogen) atoms. The van der Waals surface area contributed by atoms with E-state index in [4.69, 9.17) is 4.74 Å². The summed E-state index contributed by atoms with van der Waals surface area (Å²) in [6.45, 7) is 4.84. The maximum absolute atomic E-state index is 13.3. The molecule has 1 saturated carbocycles. The number of likely N-dealkylation sites (tertiary alicyclic amines) is 1. The van der Waals surface area contributed by atoms with Crippen molar-refractivity contribution >= 4 is 11.9 Å². The molecule has 1 saturated heterocycles. The molecule has 10 heteroatoms. The van der Waals surface area contributed by atoms with Crippen LogP contribution in [0.2, 0.25) is 0 Å². The lowest BCUT2D eigenvalue weighted by Gasteiger charge is -2.36. The van der Waals surface area contributed by atoms with E-state index in [1.165, 1.54) is 11.0 Å². The molecule has 2 aromatic rings. The average Bonchev–Trinajstić information content (AvgIpc) is 3.53. The normalized spacial score (nSPS) is 26.8. The molecule has 0 unspecified atom stereocenters. The van der Waals surface area contributed by atoms with Crippen molar-refractivity contribution in [2.45, 2.75) is 58.3 Å². The molecular weight excluding hydrogens is 410 g/mol. The van der Waals surface area contributed by atoms with Gasteiger partial charge in [0, 0.05) is 12.5 Å². The number of carbonyl (C=O) groups excluding carboxylic acids is 2. The van der Waals surface area contributed by atoms with Crippen LogP contribution in [0.15, 0.2) is 30.0 Å². The second-order valence-corrected chi connectivity index (χ2v) is 9.27. The number of hydrogen-bond donors (Lipinski definition) is 0. The highest BCUT2D eigenvalue weighted by Crippen LogP contribution is 2.49. The van der Waals surface area contributed by atoms with Gasteiger partial charge in [-0.2, -0.15) is 4.68 Å². The average molecular weight is 438 g/mol. The Morgan fingerprint density at radius 2 is 2.00 bits per heavy atom. The fourth-order valence-electron chi connectivity index (χ4n) is 5.35. The molecule has 2 aromatic heterocycles. The van der Waals surface area contributed by atoms with Crippen molar-refractivity contribution in [1.29, 1.82) is 0 Å². The summed E-state index contributed by atoms with van der Waals surface area (Å²) in [5.74, 6) is 1.32. The molecule has 1 aliphatic carbocycles. The predicted molar refractivity (Wildman–Crippen MR) is 112 cm³/mol. The van der Waals surface area contributed by atoms with Crippen molar-refractivity contribution in [2.75, 3.05) is 13.2 Å². The summed E-state index contributed by atoms with van der Waals surface area (Å²) in [6.07, 6.45) is 10.8. The Kier molecular flexibility index (Phi) is 5.22. The first-order valence-electron chi connectivity index (χ1n) is 11.2. The van der Waals surface area contributed by atoms with Crippen molar-refractivity contribution in [3.8, 4) is 5.82 Å². The number of cyclic esters (lactones) is 1. The molecular formula is C22H27N7O3. The molecule has 1 atom stereocenters. The van der Waals surface area contributed by atoms with Gasteiger partial charge in [-0.3, -0.25) is 9.78 Å². The number of rotatable bonds is 5. The lowest BCUT2D eigenvalue weighted by atomic mass is 9.68. The molecule has 1 amide bonds. The van der Waals surface area contributed by atoms with Crippen molar-refractivity contribution in [2.24, 2.45) is 11.3 Å². The largest absolute Gasteiger partial charge is 0.456 e. The maximum Gasteiger partial charge on any atom is 0.336 e. The SMILES string of the molecule is CC1=C(N2CCC3(CCC(C[C@@H](C)c4cnc(-n5cnnn5)cn4)CC3)C2=O)COC1=O. The zero-order valence-electron chi connectivity index (χ0n) is 18.4. The summed E-state index contributed by atoms with van der Waals surface area (Å²) in [5.41, 5.74) is 2.02. The van der Waals surface area contributed by atoms with Crippen LogP contribution in [-0.4, -0.2) is 60.1 Å². The van der Waals surface area contributed by atoms with Crippen molar-refractivity contribution in [3.05, 3.63) is 35.7 Å². The van der Waals surface area contributed by atoms with E-state index in [0.717, 1.165) is 49.9 Å². The van der Waals surface area contributed by atoms with Crippen molar-refractivity contribution < 1.29 is 14.3 Å². The minimum Gasteiger partial charge on any atom is -0.456 e. The highest BCUT2D eigenvalue weighted by molar-refractivity contribution is 5.94. The van der Waals surface area contributed by atoms with E-state index in [1.54, 1.807) is 19.3 Å². The zero-order chi connectivity index (χ0) is 22.3. The third kappa shape index (κ3) is 3.57. The summed E-state index contributed by atoms with van der Waals surface area (Å²) in [7, 11) is 0. The second-order valence-electron chi connectivity index (χ2n) is 9.27. The summed E-state index contributed by atoms with van der Waals surface area (Å²) >= 11 is 0. The van der Waals surface area contributed by atoms with Crippen molar-refractivity contribution in [1.82, 2.24) is 35.1 Å². The topological polar surface area (TPSA) is 116 Å². The molecule has 0 bridgehead atoms. The maximum atomic E-state index is 13.3. The Hall–Kier alpha value is -3.17. The summed E-state index contributed by atoms with van der Waals surface area (Å²) < 4.78 is 6.60. The molecule has 2 aliphatic heterocycles. The van der Waals surface area contributed by atoms with E-state index in [9.17, 15) is 9.59 Å². The molecule has 4 heterocycles. The number of amides is 1. The van der Waals surface area contributed by atoms with Gasteiger partial charge in [-0.15, -0.1) is 5.10 Å². The van der Waals surface area contributed by atoms with Crippen LogP contribution in [0.25, 0.3) is 5.82 Å². The molecule has 0 radical (unpaired) electrons. The summed E-state index contributed by atoms with van der Waals surface area (Å²) in [4.78, 5) is 35.8. The van der Waals surface area contributed by atoms with E-state index < -0.39 is 0 Å². The number of carbonyl (C=O) groups is 2. The Morgan fingerprint density at radius 1 is 1.19 bits per heavy atom. The van der Waals surface area contributed by atoms with Crippen LogP contribution in [0.4, 0.5) is 0 Å². The van der Waals surface area contributed by atoms with Crippen LogP contribution in [0, 0.1) is 11.3 Å². The van der Waals surface area contributed by atoms with Gasteiger partial charge in [0.15, 0.2) is 5.82 Å². The third-order valence-corrected chi connectivity index (χ3v) is 7.41. The highest BCUT2D eigenvalue weighted by atomic mass is 16.5. The minimum absolute atomic E-state index is 0.181. The summed E-state index contributed by atoms with van der Waals surface area (Å²) in [5, 5.41) is 11.1. The zero-order valence-corrected chi connectivity index (χ0v) is 18.4. The molecule has 10 nitrogen and oxygen atoms in total. The molecule has 2 fully saturated rings. The Morgan fingerprint density at radius 3 is 2.62 bits per heavy atom. The van der Waals surface area contributed by atoms with Crippen LogP contribution < -0.4 is 0 Å². The number of tetrazole rings is 1. The smallest absolute Gasteiger partial charge is 0.336 e. The van der Waals surface area contributed by atoms with Crippen molar-refractivity contribution in [3.63, 3.8) is 0 Å². The molecule has 1 spiro atoms. The Bertz CT molecular complexity index is 1040. The fourth-order valence-corrected chi connectivity index (χ4v) is 5.35. The van der Waals surface area contributed by atoms with Crippen LogP contribution in [0.1, 0.15) is 64.0 Å². The van der Waals surface area contributed by atoms with Gasteiger partial charge in [-0.25, -0.2) is 9.78 Å². The van der Waals surface area contributed by atoms with Gasteiger partial charge >= 0.3 is 5.97 Å². The predicted octanol–water partition coefficient (Wildman–Crippen LogP) is 2.19. The molecule has 3 aliphatic rings. The van der Waals surface area contributed by atoms with Gasteiger partial charge in [0.2, 0.25) is 5.91 Å². The van der Waals surface area contributed by atoms with E-state index in [1.807, 2.05) is 4.90 Å². The van der Waals surface area contributed by atoms with E-state index in [2.05, 4.69) is 32.4 Å². The third-order valence-electron chi connectivity index (χ3n) is 7.41. The minimum atomic E-state index is -0.305. The summed E-state index contributed by atoms with van der Waals surface area (Å²) in [6, 6.07) is 0. The first kappa shape index (κ1) is 20.7. The van der Waals surface area contributed by atoms with E-state index in [0.29, 0.717) is 23.9 Å². The standard InChI is InChI=1S/C22H27N7O3/c1-14(17-10-24-19(11-23-17)29-13-25-26-27-29)9-16-3-5-22(6-4-16)7-8-28(21(22)31)18-12-32-20(30)15(18)2/h10-11,13-14,16H,3-9,12H2,1-2H3/t14-,16?,22?/m1/s1. The number of hydrogen-bond acceptors (Lipinski definition) is 8. The number of nitrogens with zero attached hydrogens (tertiary/aromatic N) is 7. The molecule has 0 aromatic carbocycles. The lowest BCUT2D eigenvalue weighted by molar-refractivity contribution is -0.138. The Labute approximate surface area is 186 Å². The number of ether oxygens (including phenoxy) is 1. The van der Waals surface area contributed by atoms with Gasteiger partial charge in [0.25, 0.3) is 0 Å². The van der Waals surface area contributed by atoms with E-state index >= 15 is 0 Å². The quantitative estimate of drug-likeness (QED) is 0.654. The van der Waals surface area contributed by atoms with Gasteiger partial charge in [-0.05, 0) is 61.8 Å². The highest BCUT2D eigenvalue weighted by Gasteiger charge is 2.50. The Balaban J connectivity index is 1.18. The molecule has 0 N–H and O–H groups in total. The number of esters is 1. The monoisotopic (exact) mass is 437 g/mol. The van der Waals surface area contributed by atoms with Gasteiger partial charge < -0.3 is 9.64 Å². The lowest BCUT2D eigenvalue weighted by Crippen LogP contribution is -2.37. The molecule has 5 rings (SSSR count). The van der Waals surface area contributed by atoms with E-state index in [-0.39, 0.29) is 29.8 Å². The van der Waals surface area contributed by atoms with Crippen LogP contribution in [0.3, 0.4) is 0 Å². The molecule has 168 valence electrons. The first-order chi connectivity index (χ1) is 15.5. The van der Waals surface area contributed by atoms with Crippen LogP contribution in [0.5, 0.6) is 0 Å². The second kappa shape index (κ2) is 8.07. The first-order valence-corrected chi connectivity index (χ1v) is 11.2. The van der Waals surface area contributed by atoms with Crippen LogP contribution >= 0.6 is 0 Å². The van der Waals surface area contributed by atoms with Crippen LogP contribution in [-0.2, 0) is 14.3 Å². The van der Waals surface area contributed by atoms with Gasteiger partial charge in [0.05, 0.1) is 34.8 Å². The number of aromatic nitrogens is 6. The fraction of sp³-hybridized carbons (Fsp3) is 0.591. The van der Waals surface area contributed by atoms with Gasteiger partial charge in [-0.1, -0.05) is 6.92 Å². The van der Waals surface area contributed by atoms with Gasteiger partial charge in [0.1, 0.15) is 12.9 Å².